The first-order valence-electron chi connectivity index (χ1n) is 8.76. The number of carboxylic acids is 1. The van der Waals surface area contributed by atoms with Crippen LogP contribution in [0.15, 0.2) is 36.4 Å². The van der Waals surface area contributed by atoms with Crippen LogP contribution in [-0.4, -0.2) is 25.0 Å². The summed E-state index contributed by atoms with van der Waals surface area (Å²) < 4.78 is 3.86. The predicted octanol–water partition coefficient (Wildman–Crippen LogP) is 4.46. The van der Waals surface area contributed by atoms with Crippen LogP contribution >= 0.6 is 0 Å². The lowest BCUT2D eigenvalue weighted by atomic mass is 10.0. The molecule has 0 aliphatic heterocycles. The molecule has 0 fully saturated rings. The number of hydrogen-bond acceptors (Lipinski definition) is 2. The van der Waals surface area contributed by atoms with Gasteiger partial charge in [-0.3, -0.25) is 8.97 Å². The van der Waals surface area contributed by atoms with Gasteiger partial charge < -0.3 is 5.11 Å². The van der Waals surface area contributed by atoms with E-state index in [0.29, 0.717) is 17.9 Å². The summed E-state index contributed by atoms with van der Waals surface area (Å²) in [5, 5.41) is 9.80. The van der Waals surface area contributed by atoms with Crippen LogP contribution in [0.25, 0.3) is 22.5 Å². The summed E-state index contributed by atoms with van der Waals surface area (Å²) >= 11 is 0. The molecule has 0 aliphatic rings. The lowest BCUT2D eigenvalue weighted by molar-refractivity contribution is 0.0688. The van der Waals surface area contributed by atoms with E-state index in [1.165, 1.54) is 5.56 Å². The lowest BCUT2D eigenvalue weighted by Crippen LogP contribution is -2.04. The monoisotopic (exact) mass is 347 g/mol. The van der Waals surface area contributed by atoms with E-state index in [9.17, 15) is 9.90 Å². The van der Waals surface area contributed by atoms with Crippen LogP contribution in [-0.2, 0) is 6.42 Å². The molecule has 0 radical (unpaired) electrons. The SMILES string of the molecule is CCc1nc2n(-c3c(C)cc(C)cc3C)c3ccccc3n2c1C(=O)O. The standard InChI is InChI=1S/C21H21N3O2/c1-5-15-19(20(25)26)24-17-9-7-6-8-16(17)23(21(24)22-15)18-13(3)10-12(2)11-14(18)4/h6-11H,5H2,1-4H3,(H,25,26). The van der Waals surface area contributed by atoms with Crippen molar-refractivity contribution in [2.45, 2.75) is 34.1 Å². The number of benzene rings is 2. The first kappa shape index (κ1) is 16.4. The molecule has 2 heterocycles. The Bertz CT molecular complexity index is 1160. The molecule has 0 bridgehead atoms. The Morgan fingerprint density at radius 1 is 1.08 bits per heavy atom. The minimum absolute atomic E-state index is 0.250. The zero-order chi connectivity index (χ0) is 18.6. The zero-order valence-corrected chi connectivity index (χ0v) is 15.4. The number of aromatic nitrogens is 3. The number of para-hydroxylation sites is 2. The van der Waals surface area contributed by atoms with Crippen molar-refractivity contribution in [3.8, 4) is 5.69 Å². The minimum atomic E-state index is -0.949. The van der Waals surface area contributed by atoms with E-state index in [1.807, 2.05) is 31.2 Å². The second-order valence-electron chi connectivity index (χ2n) is 6.77. The van der Waals surface area contributed by atoms with Gasteiger partial charge in [0.1, 0.15) is 0 Å². The van der Waals surface area contributed by atoms with E-state index < -0.39 is 5.97 Å². The molecule has 2 aromatic carbocycles. The normalized spacial score (nSPS) is 11.5. The van der Waals surface area contributed by atoms with E-state index in [2.05, 4.69) is 37.5 Å². The predicted molar refractivity (Wildman–Crippen MR) is 103 cm³/mol. The molecular weight excluding hydrogens is 326 g/mol. The molecule has 4 aromatic rings. The molecule has 0 saturated heterocycles. The van der Waals surface area contributed by atoms with Crippen molar-refractivity contribution < 1.29 is 9.90 Å². The van der Waals surface area contributed by atoms with Crippen molar-refractivity contribution >= 4 is 22.8 Å². The van der Waals surface area contributed by atoms with Crippen LogP contribution in [0.1, 0.15) is 39.8 Å². The maximum absolute atomic E-state index is 12.0. The van der Waals surface area contributed by atoms with Crippen LogP contribution in [0.2, 0.25) is 0 Å². The quantitative estimate of drug-likeness (QED) is 0.595. The van der Waals surface area contributed by atoms with E-state index in [0.717, 1.165) is 27.8 Å². The fourth-order valence-corrected chi connectivity index (χ4v) is 3.99. The number of aromatic carboxylic acids is 1. The van der Waals surface area contributed by atoms with Crippen molar-refractivity contribution in [2.24, 2.45) is 0 Å². The number of aryl methyl sites for hydroxylation is 4. The smallest absolute Gasteiger partial charge is 0.354 e. The van der Waals surface area contributed by atoms with Crippen molar-refractivity contribution in [1.82, 2.24) is 14.0 Å². The Hall–Kier alpha value is -3.08. The molecular formula is C21H21N3O2. The highest BCUT2D eigenvalue weighted by molar-refractivity contribution is 5.93. The van der Waals surface area contributed by atoms with Crippen LogP contribution in [0, 0.1) is 20.8 Å². The molecule has 0 spiro atoms. The molecule has 5 nitrogen and oxygen atoms in total. The van der Waals surface area contributed by atoms with Gasteiger partial charge >= 0.3 is 5.97 Å². The number of fused-ring (bicyclic) bond motifs is 3. The first-order chi connectivity index (χ1) is 12.4. The molecule has 0 saturated carbocycles. The summed E-state index contributed by atoms with van der Waals surface area (Å²) in [6.07, 6.45) is 0.573. The van der Waals surface area contributed by atoms with Gasteiger partial charge in [-0.25, -0.2) is 9.78 Å². The number of rotatable bonds is 3. The summed E-state index contributed by atoms with van der Waals surface area (Å²) in [5.41, 5.74) is 7.22. The largest absolute Gasteiger partial charge is 0.477 e. The Balaban J connectivity index is 2.24. The van der Waals surface area contributed by atoms with E-state index in [4.69, 9.17) is 4.98 Å². The fraction of sp³-hybridized carbons (Fsp3) is 0.238. The van der Waals surface area contributed by atoms with Gasteiger partial charge in [0.15, 0.2) is 5.69 Å². The molecule has 4 rings (SSSR count). The van der Waals surface area contributed by atoms with Gasteiger partial charge in [0.25, 0.3) is 0 Å². The van der Waals surface area contributed by atoms with E-state index >= 15 is 0 Å². The Labute approximate surface area is 151 Å². The lowest BCUT2D eigenvalue weighted by Gasteiger charge is -2.13. The highest BCUT2D eigenvalue weighted by Crippen LogP contribution is 2.31. The number of carboxylic acid groups (broad SMARTS) is 1. The summed E-state index contributed by atoms with van der Waals surface area (Å²) in [7, 11) is 0. The summed E-state index contributed by atoms with van der Waals surface area (Å²) in [6, 6.07) is 12.2. The number of hydrogen-bond donors (Lipinski definition) is 1. The van der Waals surface area contributed by atoms with Gasteiger partial charge in [-0.05, 0) is 50.5 Å². The maximum atomic E-state index is 12.0. The first-order valence-corrected chi connectivity index (χ1v) is 8.76. The summed E-state index contributed by atoms with van der Waals surface area (Å²) in [5.74, 6) is -0.301. The third-order valence-electron chi connectivity index (χ3n) is 4.89. The van der Waals surface area contributed by atoms with Crippen molar-refractivity contribution in [1.29, 1.82) is 0 Å². The van der Waals surface area contributed by atoms with Gasteiger partial charge in [0.2, 0.25) is 5.78 Å². The van der Waals surface area contributed by atoms with Gasteiger partial charge in [-0.15, -0.1) is 0 Å². The highest BCUT2D eigenvalue weighted by Gasteiger charge is 2.25. The number of nitrogens with zero attached hydrogens (tertiary/aromatic N) is 3. The molecule has 2 aromatic heterocycles. The van der Waals surface area contributed by atoms with Crippen molar-refractivity contribution in [2.75, 3.05) is 0 Å². The Morgan fingerprint density at radius 3 is 2.27 bits per heavy atom. The second kappa shape index (κ2) is 5.73. The zero-order valence-electron chi connectivity index (χ0n) is 15.4. The topological polar surface area (TPSA) is 59.5 Å². The molecule has 26 heavy (non-hydrogen) atoms. The van der Waals surface area contributed by atoms with Crippen LogP contribution in [0.4, 0.5) is 0 Å². The molecule has 1 N–H and O–H groups in total. The van der Waals surface area contributed by atoms with E-state index in [1.54, 1.807) is 4.40 Å². The molecule has 132 valence electrons. The Morgan fingerprint density at radius 2 is 1.69 bits per heavy atom. The average molecular weight is 347 g/mol. The summed E-state index contributed by atoms with van der Waals surface area (Å²) in [4.78, 5) is 16.7. The van der Waals surface area contributed by atoms with E-state index in [-0.39, 0.29) is 5.69 Å². The maximum Gasteiger partial charge on any atom is 0.354 e. The van der Waals surface area contributed by atoms with Crippen LogP contribution in [0.5, 0.6) is 0 Å². The van der Waals surface area contributed by atoms with Crippen LogP contribution < -0.4 is 0 Å². The molecule has 0 atom stereocenters. The minimum Gasteiger partial charge on any atom is -0.477 e. The van der Waals surface area contributed by atoms with Crippen molar-refractivity contribution in [3.63, 3.8) is 0 Å². The van der Waals surface area contributed by atoms with Crippen LogP contribution in [0.3, 0.4) is 0 Å². The second-order valence-corrected chi connectivity index (χ2v) is 6.77. The highest BCUT2D eigenvalue weighted by atomic mass is 16.4. The van der Waals surface area contributed by atoms with Gasteiger partial charge in [-0.2, -0.15) is 0 Å². The third-order valence-corrected chi connectivity index (χ3v) is 4.89. The molecule has 0 unspecified atom stereocenters. The Kier molecular flexibility index (Phi) is 3.61. The number of imidazole rings is 2. The van der Waals surface area contributed by atoms with Gasteiger partial charge in [0, 0.05) is 0 Å². The van der Waals surface area contributed by atoms with Gasteiger partial charge in [0.05, 0.1) is 22.4 Å². The average Bonchev–Trinajstić information content (AvgIpc) is 3.09. The molecule has 0 aliphatic carbocycles. The molecule has 0 amide bonds. The molecule has 5 heteroatoms. The van der Waals surface area contributed by atoms with Gasteiger partial charge in [-0.1, -0.05) is 36.8 Å². The number of carbonyl (C=O) groups is 1. The third kappa shape index (κ3) is 2.17. The van der Waals surface area contributed by atoms with Crippen molar-refractivity contribution in [3.05, 3.63) is 64.5 Å². The fourth-order valence-electron chi connectivity index (χ4n) is 3.99. The summed E-state index contributed by atoms with van der Waals surface area (Å²) in [6.45, 7) is 8.19.